The van der Waals surface area contributed by atoms with Crippen LogP contribution in [0.3, 0.4) is 0 Å². The number of sulfone groups is 1. The Hall–Kier alpha value is -2.45. The minimum absolute atomic E-state index is 0.0206. The first-order chi connectivity index (χ1) is 14.4. The molecule has 5 rings (SSSR count). The quantitative estimate of drug-likeness (QED) is 0.567. The predicted octanol–water partition coefficient (Wildman–Crippen LogP) is 3.78. The lowest BCUT2D eigenvalue weighted by Gasteiger charge is -2.11. The van der Waals surface area contributed by atoms with Crippen LogP contribution in [0.15, 0.2) is 30.3 Å². The van der Waals surface area contributed by atoms with Crippen molar-refractivity contribution in [1.82, 2.24) is 14.8 Å². The molecule has 2 aromatic heterocycles. The van der Waals surface area contributed by atoms with E-state index >= 15 is 0 Å². The summed E-state index contributed by atoms with van der Waals surface area (Å²) < 4.78 is 31.0. The first kappa shape index (κ1) is 19.5. The van der Waals surface area contributed by atoms with Crippen LogP contribution in [0.4, 0.5) is 0 Å². The van der Waals surface area contributed by atoms with Crippen LogP contribution in [0, 0.1) is 0 Å². The number of ether oxygens (including phenoxy) is 1. The van der Waals surface area contributed by atoms with Crippen molar-refractivity contribution < 1.29 is 17.9 Å². The molecule has 2 aliphatic rings. The van der Waals surface area contributed by atoms with E-state index in [0.29, 0.717) is 39.7 Å². The van der Waals surface area contributed by atoms with Gasteiger partial charge in [0.2, 0.25) is 0 Å². The van der Waals surface area contributed by atoms with Crippen LogP contribution in [-0.4, -0.2) is 47.8 Å². The van der Waals surface area contributed by atoms with Gasteiger partial charge in [0.1, 0.15) is 5.69 Å². The van der Waals surface area contributed by atoms with Gasteiger partial charge in [-0.05, 0) is 37.5 Å². The number of fused-ring (bicyclic) bond motifs is 1. The minimum atomic E-state index is -3.12. The molecule has 0 radical (unpaired) electrons. The van der Waals surface area contributed by atoms with Gasteiger partial charge >= 0.3 is 5.97 Å². The molecule has 1 aliphatic carbocycles. The predicted molar refractivity (Wildman–Crippen MR) is 114 cm³/mol. The van der Waals surface area contributed by atoms with Crippen molar-refractivity contribution in [3.05, 3.63) is 46.6 Å². The highest BCUT2D eigenvalue weighted by Gasteiger charge is 2.34. The van der Waals surface area contributed by atoms with Gasteiger partial charge in [-0.2, -0.15) is 5.10 Å². The Morgan fingerprint density at radius 1 is 1.20 bits per heavy atom. The van der Waals surface area contributed by atoms with Crippen molar-refractivity contribution in [2.75, 3.05) is 18.6 Å². The van der Waals surface area contributed by atoms with E-state index in [0.717, 1.165) is 24.1 Å². The summed E-state index contributed by atoms with van der Waals surface area (Å²) in [6.45, 7) is 0. The lowest BCUT2D eigenvalue weighted by atomic mass is 10.0. The summed E-state index contributed by atoms with van der Waals surface area (Å²) in [7, 11) is -1.77. The number of aromatic nitrogens is 3. The molecule has 2 fully saturated rings. The molecule has 1 aliphatic heterocycles. The molecule has 0 bridgehead atoms. The highest BCUT2D eigenvalue weighted by molar-refractivity contribution is 7.91. The molecular formula is C21H20ClN3O4S. The fourth-order valence-corrected chi connectivity index (χ4v) is 5.87. The van der Waals surface area contributed by atoms with Crippen LogP contribution in [0.2, 0.25) is 5.02 Å². The third-order valence-electron chi connectivity index (χ3n) is 5.75. The number of hydrogen-bond acceptors (Lipinski definition) is 6. The van der Waals surface area contributed by atoms with Crippen LogP contribution < -0.4 is 0 Å². The Morgan fingerprint density at radius 3 is 2.53 bits per heavy atom. The normalized spacial score (nSPS) is 20.5. The molecule has 7 nitrogen and oxygen atoms in total. The molecule has 1 atom stereocenters. The van der Waals surface area contributed by atoms with Gasteiger partial charge in [-0.1, -0.05) is 23.7 Å². The molecule has 0 amide bonds. The summed E-state index contributed by atoms with van der Waals surface area (Å²) in [6.07, 6.45) is 2.52. The third kappa shape index (κ3) is 3.37. The second-order valence-electron chi connectivity index (χ2n) is 7.92. The van der Waals surface area contributed by atoms with E-state index in [1.54, 1.807) is 22.9 Å². The topological polar surface area (TPSA) is 91.2 Å². The van der Waals surface area contributed by atoms with Crippen LogP contribution in [0.1, 0.15) is 47.3 Å². The minimum Gasteiger partial charge on any atom is -0.465 e. The molecule has 1 saturated carbocycles. The number of pyridine rings is 1. The number of carbonyl (C=O) groups is 1. The Balaban J connectivity index is 1.80. The van der Waals surface area contributed by atoms with Crippen LogP contribution in [-0.2, 0) is 14.6 Å². The number of hydrogen-bond donors (Lipinski definition) is 0. The van der Waals surface area contributed by atoms with E-state index in [1.807, 2.05) is 12.1 Å². The summed E-state index contributed by atoms with van der Waals surface area (Å²) in [5, 5.41) is 5.94. The first-order valence-electron chi connectivity index (χ1n) is 9.84. The summed E-state index contributed by atoms with van der Waals surface area (Å²) in [5.41, 5.74) is 3.11. The van der Waals surface area contributed by atoms with E-state index in [4.69, 9.17) is 26.4 Å². The van der Waals surface area contributed by atoms with Crippen molar-refractivity contribution in [2.24, 2.45) is 0 Å². The number of halogens is 1. The second-order valence-corrected chi connectivity index (χ2v) is 10.6. The molecule has 0 unspecified atom stereocenters. The van der Waals surface area contributed by atoms with Crippen molar-refractivity contribution >= 4 is 38.4 Å². The largest absolute Gasteiger partial charge is 0.465 e. The fraction of sp³-hybridized carbons (Fsp3) is 0.381. The summed E-state index contributed by atoms with van der Waals surface area (Å²) >= 11 is 6.05. The maximum absolute atomic E-state index is 12.7. The molecule has 0 N–H and O–H groups in total. The zero-order valence-corrected chi connectivity index (χ0v) is 17.9. The summed E-state index contributed by atoms with van der Waals surface area (Å²) in [5.74, 6) is -0.000605. The monoisotopic (exact) mass is 445 g/mol. The summed E-state index contributed by atoms with van der Waals surface area (Å²) in [6, 6.07) is 8.65. The molecule has 1 aromatic carbocycles. The number of benzene rings is 1. The number of methoxy groups -OCH3 is 1. The SMILES string of the molecule is COC(=O)c1cc(C2CC2)nc2c1c(-c1ccc(Cl)cc1)nn2[C@H]1CCS(=O)(=O)C1. The van der Waals surface area contributed by atoms with E-state index in [9.17, 15) is 13.2 Å². The number of rotatable bonds is 4. The highest BCUT2D eigenvalue weighted by atomic mass is 35.5. The van der Waals surface area contributed by atoms with Crippen molar-refractivity contribution in [1.29, 1.82) is 0 Å². The van der Waals surface area contributed by atoms with Crippen molar-refractivity contribution in [3.63, 3.8) is 0 Å². The Labute approximate surface area is 178 Å². The van der Waals surface area contributed by atoms with Gasteiger partial charge in [-0.3, -0.25) is 0 Å². The molecule has 30 heavy (non-hydrogen) atoms. The molecule has 0 spiro atoms. The Morgan fingerprint density at radius 2 is 1.93 bits per heavy atom. The van der Waals surface area contributed by atoms with Gasteiger partial charge in [0, 0.05) is 22.2 Å². The molecule has 156 valence electrons. The standard InChI is InChI=1S/C21H20ClN3O4S/c1-29-21(26)16-10-17(12-2-3-12)23-20-18(16)19(13-4-6-14(22)7-5-13)24-25(20)15-8-9-30(27,28)11-15/h4-7,10,12,15H,2-3,8-9,11H2,1H3/t15-/m0/s1. The smallest absolute Gasteiger partial charge is 0.338 e. The molecule has 9 heteroatoms. The van der Waals surface area contributed by atoms with Gasteiger partial charge in [0.15, 0.2) is 15.5 Å². The van der Waals surface area contributed by atoms with Gasteiger partial charge in [-0.25, -0.2) is 22.9 Å². The molecule has 3 heterocycles. The van der Waals surface area contributed by atoms with Crippen LogP contribution >= 0.6 is 11.6 Å². The molecule has 1 saturated heterocycles. The van der Waals surface area contributed by atoms with E-state index in [-0.39, 0.29) is 17.5 Å². The van der Waals surface area contributed by atoms with Crippen molar-refractivity contribution in [2.45, 2.75) is 31.2 Å². The first-order valence-corrected chi connectivity index (χ1v) is 12.0. The Bertz CT molecular complexity index is 1260. The number of esters is 1. The van der Waals surface area contributed by atoms with E-state index < -0.39 is 15.8 Å². The maximum Gasteiger partial charge on any atom is 0.338 e. The molecule has 3 aromatic rings. The third-order valence-corrected chi connectivity index (χ3v) is 7.76. The highest BCUT2D eigenvalue weighted by Crippen LogP contribution is 2.42. The maximum atomic E-state index is 12.7. The average Bonchev–Trinajstić information content (AvgIpc) is 3.42. The lowest BCUT2D eigenvalue weighted by Crippen LogP contribution is -2.13. The second kappa shape index (κ2) is 7.06. The van der Waals surface area contributed by atoms with Gasteiger partial charge in [0.25, 0.3) is 0 Å². The zero-order valence-electron chi connectivity index (χ0n) is 16.3. The summed E-state index contributed by atoms with van der Waals surface area (Å²) in [4.78, 5) is 17.5. The Kier molecular flexibility index (Phi) is 4.59. The number of nitrogens with zero attached hydrogens (tertiary/aromatic N) is 3. The van der Waals surface area contributed by atoms with E-state index in [2.05, 4.69) is 0 Å². The van der Waals surface area contributed by atoms with Crippen LogP contribution in [0.25, 0.3) is 22.3 Å². The van der Waals surface area contributed by atoms with Gasteiger partial charge in [0.05, 0.1) is 35.6 Å². The van der Waals surface area contributed by atoms with Gasteiger partial charge in [-0.15, -0.1) is 0 Å². The van der Waals surface area contributed by atoms with E-state index in [1.165, 1.54) is 7.11 Å². The lowest BCUT2D eigenvalue weighted by molar-refractivity contribution is 0.0602. The van der Waals surface area contributed by atoms with Crippen molar-refractivity contribution in [3.8, 4) is 11.3 Å². The average molecular weight is 446 g/mol. The van der Waals surface area contributed by atoms with Crippen LogP contribution in [0.5, 0.6) is 0 Å². The molecular weight excluding hydrogens is 426 g/mol. The zero-order chi connectivity index (χ0) is 21.0. The fourth-order valence-electron chi connectivity index (χ4n) is 4.05. The number of carbonyl (C=O) groups excluding carboxylic acids is 1. The van der Waals surface area contributed by atoms with Gasteiger partial charge < -0.3 is 4.74 Å².